The number of aromatic nitrogens is 3. The highest BCUT2D eigenvalue weighted by Gasteiger charge is 2.17. The van der Waals surface area contributed by atoms with Gasteiger partial charge in [-0.3, -0.25) is 9.30 Å². The van der Waals surface area contributed by atoms with Crippen LogP contribution in [0.5, 0.6) is 0 Å². The maximum atomic E-state index is 5.48. The van der Waals surface area contributed by atoms with Crippen molar-refractivity contribution < 1.29 is 4.74 Å². The summed E-state index contributed by atoms with van der Waals surface area (Å²) in [5.74, 6) is 1.00. The average Bonchev–Trinajstić information content (AvgIpc) is 3.24. The van der Waals surface area contributed by atoms with E-state index in [1.807, 2.05) is 6.07 Å². The third kappa shape index (κ3) is 4.32. The Bertz CT molecular complexity index is 1090. The lowest BCUT2D eigenvalue weighted by molar-refractivity contribution is 0.0365. The predicted molar refractivity (Wildman–Crippen MR) is 126 cm³/mol. The summed E-state index contributed by atoms with van der Waals surface area (Å²) < 4.78 is 11.1. The molecule has 1 saturated heterocycles. The monoisotopic (exact) mass is 496 g/mol. The van der Waals surface area contributed by atoms with Gasteiger partial charge in [0.15, 0.2) is 0 Å². The number of fused-ring (bicyclic) bond motifs is 3. The van der Waals surface area contributed by atoms with Crippen LogP contribution in [-0.4, -0.2) is 51.7 Å². The molecule has 4 aromatic rings. The van der Waals surface area contributed by atoms with Crippen LogP contribution in [0.1, 0.15) is 0 Å². The minimum Gasteiger partial charge on any atom is -0.379 e. The number of imidazole rings is 2. The molecule has 0 atom stereocenters. The van der Waals surface area contributed by atoms with E-state index in [0.29, 0.717) is 0 Å². The predicted octanol–water partition coefficient (Wildman–Crippen LogP) is 4.89. The van der Waals surface area contributed by atoms with Gasteiger partial charge < -0.3 is 9.30 Å². The summed E-state index contributed by atoms with van der Waals surface area (Å²) in [4.78, 5) is 7.38. The number of halogens is 3. The highest BCUT2D eigenvalue weighted by Crippen LogP contribution is 2.27. The molecule has 0 unspecified atom stereocenters. The minimum absolute atomic E-state index is 0. The van der Waals surface area contributed by atoms with Crippen LogP contribution < -0.4 is 0 Å². The van der Waals surface area contributed by atoms with Gasteiger partial charge in [-0.05, 0) is 29.8 Å². The number of ether oxygens (including phenoxy) is 1. The quantitative estimate of drug-likeness (QED) is 0.402. The molecule has 0 aliphatic carbocycles. The Balaban J connectivity index is 0.00000120. The molecule has 0 amide bonds. The molecular weight excluding hydrogens is 475 g/mol. The molecule has 2 aromatic carbocycles. The summed E-state index contributed by atoms with van der Waals surface area (Å²) in [6.45, 7) is 5.57. The van der Waals surface area contributed by atoms with Crippen molar-refractivity contribution in [1.29, 1.82) is 0 Å². The third-order valence-electron chi connectivity index (χ3n) is 5.24. The first-order valence-corrected chi connectivity index (χ1v) is 10.1. The van der Waals surface area contributed by atoms with E-state index in [-0.39, 0.29) is 24.8 Å². The molecular formula is C21H23BrCl2N4O. The van der Waals surface area contributed by atoms with E-state index in [0.717, 1.165) is 60.7 Å². The van der Waals surface area contributed by atoms with Gasteiger partial charge in [0.05, 0.1) is 29.9 Å². The van der Waals surface area contributed by atoms with E-state index < -0.39 is 0 Å². The van der Waals surface area contributed by atoms with E-state index in [1.165, 1.54) is 11.3 Å². The minimum atomic E-state index is 0. The molecule has 2 aromatic heterocycles. The maximum absolute atomic E-state index is 5.48. The fourth-order valence-corrected chi connectivity index (χ4v) is 4.05. The van der Waals surface area contributed by atoms with Crippen LogP contribution in [0.3, 0.4) is 0 Å². The second-order valence-electron chi connectivity index (χ2n) is 6.90. The number of nitrogens with zero attached hydrogens (tertiary/aromatic N) is 4. The second kappa shape index (κ2) is 9.49. The van der Waals surface area contributed by atoms with Gasteiger partial charge in [0.1, 0.15) is 0 Å². The Morgan fingerprint density at radius 2 is 1.66 bits per heavy atom. The number of hydrogen-bond donors (Lipinski definition) is 0. The molecule has 154 valence electrons. The third-order valence-corrected chi connectivity index (χ3v) is 5.77. The Hall–Kier alpha value is -1.57. The van der Waals surface area contributed by atoms with Crippen molar-refractivity contribution in [3.63, 3.8) is 0 Å². The van der Waals surface area contributed by atoms with Gasteiger partial charge in [-0.25, -0.2) is 4.98 Å². The highest BCUT2D eigenvalue weighted by atomic mass is 79.9. The molecule has 0 saturated carbocycles. The molecule has 8 heteroatoms. The van der Waals surface area contributed by atoms with Crippen LogP contribution in [0.15, 0.2) is 59.2 Å². The molecule has 3 heterocycles. The van der Waals surface area contributed by atoms with Crippen molar-refractivity contribution in [2.24, 2.45) is 0 Å². The number of hydrogen-bond acceptors (Lipinski definition) is 3. The smallest absolute Gasteiger partial charge is 0.215 e. The summed E-state index contributed by atoms with van der Waals surface area (Å²) in [6.07, 6.45) is 2.22. The first kappa shape index (κ1) is 22.1. The Labute approximate surface area is 190 Å². The maximum Gasteiger partial charge on any atom is 0.215 e. The fraction of sp³-hybridized carbons (Fsp3) is 0.286. The molecule has 5 nitrogen and oxygen atoms in total. The SMILES string of the molecule is Brc1ccc(-c2cn3c4ccccc4nc3n2CCN2CCOCC2)cc1.Cl.Cl. The molecule has 1 fully saturated rings. The van der Waals surface area contributed by atoms with Crippen LogP contribution in [0.25, 0.3) is 28.1 Å². The summed E-state index contributed by atoms with van der Waals surface area (Å²) in [5, 5.41) is 0. The van der Waals surface area contributed by atoms with E-state index in [4.69, 9.17) is 9.72 Å². The zero-order valence-corrected chi connectivity index (χ0v) is 19.0. The summed E-state index contributed by atoms with van der Waals surface area (Å²) in [6, 6.07) is 16.8. The van der Waals surface area contributed by atoms with E-state index in [1.54, 1.807) is 0 Å². The molecule has 0 radical (unpaired) electrons. The second-order valence-corrected chi connectivity index (χ2v) is 7.81. The zero-order valence-electron chi connectivity index (χ0n) is 15.8. The van der Waals surface area contributed by atoms with Crippen molar-refractivity contribution in [3.05, 3.63) is 59.2 Å². The van der Waals surface area contributed by atoms with Crippen LogP contribution in [0.2, 0.25) is 0 Å². The van der Waals surface area contributed by atoms with Gasteiger partial charge in [-0.1, -0.05) is 40.2 Å². The van der Waals surface area contributed by atoms with E-state index in [9.17, 15) is 0 Å². The summed E-state index contributed by atoms with van der Waals surface area (Å²) in [7, 11) is 0. The molecule has 29 heavy (non-hydrogen) atoms. The number of morpholine rings is 1. The summed E-state index contributed by atoms with van der Waals surface area (Å²) >= 11 is 3.54. The van der Waals surface area contributed by atoms with Crippen molar-refractivity contribution in [1.82, 2.24) is 18.9 Å². The molecule has 1 aliphatic rings. The van der Waals surface area contributed by atoms with Crippen LogP contribution in [-0.2, 0) is 11.3 Å². The van der Waals surface area contributed by atoms with Gasteiger partial charge in [-0.2, -0.15) is 0 Å². The van der Waals surface area contributed by atoms with Crippen molar-refractivity contribution in [2.45, 2.75) is 6.54 Å². The van der Waals surface area contributed by atoms with E-state index in [2.05, 4.69) is 78.5 Å². The summed E-state index contributed by atoms with van der Waals surface area (Å²) in [5.41, 5.74) is 4.59. The molecule has 0 N–H and O–H groups in total. The van der Waals surface area contributed by atoms with Gasteiger partial charge in [0.2, 0.25) is 5.78 Å². The topological polar surface area (TPSA) is 34.7 Å². The lowest BCUT2D eigenvalue weighted by Crippen LogP contribution is -2.38. The first-order valence-electron chi connectivity index (χ1n) is 9.32. The highest BCUT2D eigenvalue weighted by molar-refractivity contribution is 9.10. The number of benzene rings is 2. The average molecular weight is 498 g/mol. The Morgan fingerprint density at radius 1 is 0.931 bits per heavy atom. The molecule has 0 bridgehead atoms. The normalized spacial score (nSPS) is 14.7. The Morgan fingerprint density at radius 3 is 2.41 bits per heavy atom. The van der Waals surface area contributed by atoms with Gasteiger partial charge >= 0.3 is 0 Å². The molecule has 5 rings (SSSR count). The lowest BCUT2D eigenvalue weighted by atomic mass is 10.1. The first-order chi connectivity index (χ1) is 13.3. The van der Waals surface area contributed by atoms with Crippen molar-refractivity contribution >= 4 is 57.6 Å². The largest absolute Gasteiger partial charge is 0.379 e. The van der Waals surface area contributed by atoms with Gasteiger partial charge in [-0.15, -0.1) is 24.8 Å². The molecule has 0 spiro atoms. The number of para-hydroxylation sites is 2. The van der Waals surface area contributed by atoms with Gasteiger partial charge in [0.25, 0.3) is 0 Å². The van der Waals surface area contributed by atoms with Crippen LogP contribution >= 0.6 is 40.7 Å². The van der Waals surface area contributed by atoms with E-state index >= 15 is 0 Å². The standard InChI is InChI=1S/C21H21BrN4O.2ClH/c22-17-7-5-16(6-8-17)20-15-26-19-4-2-1-3-18(19)23-21(26)25(20)10-9-24-11-13-27-14-12-24;;/h1-8,15H,9-14H2;2*1H. The van der Waals surface area contributed by atoms with Crippen LogP contribution in [0.4, 0.5) is 0 Å². The molecule has 1 aliphatic heterocycles. The lowest BCUT2D eigenvalue weighted by Gasteiger charge is -2.26. The van der Waals surface area contributed by atoms with Crippen LogP contribution in [0, 0.1) is 0 Å². The fourth-order valence-electron chi connectivity index (χ4n) is 3.79. The van der Waals surface area contributed by atoms with Crippen molar-refractivity contribution in [3.8, 4) is 11.3 Å². The number of rotatable bonds is 4. The van der Waals surface area contributed by atoms with Crippen molar-refractivity contribution in [2.75, 3.05) is 32.8 Å². The van der Waals surface area contributed by atoms with Gasteiger partial charge in [0, 0.05) is 36.8 Å². The zero-order chi connectivity index (χ0) is 18.2. The Kier molecular flexibility index (Phi) is 7.24.